The van der Waals surface area contributed by atoms with Gasteiger partial charge in [0.15, 0.2) is 0 Å². The quantitative estimate of drug-likeness (QED) is 0.716. The molecule has 1 aliphatic carbocycles. The van der Waals surface area contributed by atoms with E-state index in [0.29, 0.717) is 0 Å². The van der Waals surface area contributed by atoms with Gasteiger partial charge in [-0.05, 0) is 43.4 Å². The fourth-order valence-electron chi connectivity index (χ4n) is 2.09. The largest absolute Gasteiger partial charge is 0.402 e. The Morgan fingerprint density at radius 3 is 2.58 bits per heavy atom. The van der Waals surface area contributed by atoms with Gasteiger partial charge >= 0.3 is 0 Å². The SMILES string of the molecule is CC/C=C(CC)/C(CC)=N\C1=CCC(N)=C(C)C=C1. The monoisotopic (exact) mass is 258 g/mol. The lowest BCUT2D eigenvalue weighted by Gasteiger charge is -2.07. The van der Waals surface area contributed by atoms with Gasteiger partial charge in [-0.15, -0.1) is 0 Å². The van der Waals surface area contributed by atoms with Crippen molar-refractivity contribution in [2.45, 2.75) is 53.4 Å². The van der Waals surface area contributed by atoms with Crippen LogP contribution in [0.5, 0.6) is 0 Å². The van der Waals surface area contributed by atoms with Crippen LogP contribution in [0.15, 0.2) is 51.8 Å². The van der Waals surface area contributed by atoms with Crippen LogP contribution in [0.3, 0.4) is 0 Å². The number of aliphatic imine (C=N–C) groups is 1. The Kier molecular flexibility index (Phi) is 6.34. The van der Waals surface area contributed by atoms with Crippen molar-refractivity contribution < 1.29 is 0 Å². The highest BCUT2D eigenvalue weighted by atomic mass is 14.8. The molecule has 0 radical (unpaired) electrons. The number of hydrogen-bond donors (Lipinski definition) is 1. The fourth-order valence-corrected chi connectivity index (χ4v) is 2.09. The summed E-state index contributed by atoms with van der Waals surface area (Å²) in [7, 11) is 0. The summed E-state index contributed by atoms with van der Waals surface area (Å²) in [5, 5.41) is 0. The summed E-state index contributed by atoms with van der Waals surface area (Å²) in [5.74, 6) is 0. The zero-order valence-electron chi connectivity index (χ0n) is 12.7. The highest BCUT2D eigenvalue weighted by molar-refractivity contribution is 6.00. The smallest absolute Gasteiger partial charge is 0.0597 e. The van der Waals surface area contributed by atoms with Crippen LogP contribution in [0, 0.1) is 0 Å². The van der Waals surface area contributed by atoms with Crippen molar-refractivity contribution >= 4 is 5.71 Å². The first-order valence-corrected chi connectivity index (χ1v) is 7.22. The molecule has 0 atom stereocenters. The van der Waals surface area contributed by atoms with E-state index >= 15 is 0 Å². The molecule has 104 valence electrons. The molecule has 0 amide bonds. The number of nitrogens with zero attached hydrogens (tertiary/aromatic N) is 1. The van der Waals surface area contributed by atoms with Gasteiger partial charge in [-0.25, -0.2) is 0 Å². The van der Waals surface area contributed by atoms with Crippen LogP contribution in [0.1, 0.15) is 53.4 Å². The summed E-state index contributed by atoms with van der Waals surface area (Å²) in [6.07, 6.45) is 12.4. The minimum Gasteiger partial charge on any atom is -0.402 e. The van der Waals surface area contributed by atoms with Crippen molar-refractivity contribution in [2.75, 3.05) is 0 Å². The summed E-state index contributed by atoms with van der Waals surface area (Å²) in [6.45, 7) is 8.56. The lowest BCUT2D eigenvalue weighted by Crippen LogP contribution is -2.01. The van der Waals surface area contributed by atoms with Crippen LogP contribution >= 0.6 is 0 Å². The molecule has 0 spiro atoms. The van der Waals surface area contributed by atoms with Crippen molar-refractivity contribution in [1.29, 1.82) is 0 Å². The van der Waals surface area contributed by atoms with Crippen molar-refractivity contribution in [3.8, 4) is 0 Å². The first kappa shape index (κ1) is 15.5. The van der Waals surface area contributed by atoms with Gasteiger partial charge in [-0.1, -0.05) is 39.0 Å². The van der Waals surface area contributed by atoms with Gasteiger partial charge in [0.25, 0.3) is 0 Å². The minimum atomic E-state index is 0.785. The third-order valence-corrected chi connectivity index (χ3v) is 3.34. The van der Waals surface area contributed by atoms with Gasteiger partial charge in [-0.2, -0.15) is 0 Å². The van der Waals surface area contributed by atoms with Crippen LogP contribution in [-0.2, 0) is 0 Å². The molecule has 0 heterocycles. The fraction of sp³-hybridized carbons (Fsp3) is 0.471. The predicted octanol–water partition coefficient (Wildman–Crippen LogP) is 4.66. The summed E-state index contributed by atoms with van der Waals surface area (Å²) in [6, 6.07) is 0. The maximum atomic E-state index is 5.96. The Hall–Kier alpha value is -1.57. The molecule has 2 N–H and O–H groups in total. The van der Waals surface area contributed by atoms with Crippen molar-refractivity contribution in [3.63, 3.8) is 0 Å². The third-order valence-electron chi connectivity index (χ3n) is 3.34. The van der Waals surface area contributed by atoms with E-state index < -0.39 is 0 Å². The standard InChI is InChI=1S/C17H26N2/c1-5-8-14(6-2)17(7-3)19-15-10-9-13(4)16(18)12-11-15/h8-11H,5-7,12,18H2,1-4H3/b14-8+,19-17-. The summed E-state index contributed by atoms with van der Waals surface area (Å²) >= 11 is 0. The maximum Gasteiger partial charge on any atom is 0.0597 e. The number of nitrogens with two attached hydrogens (primary N) is 1. The third kappa shape index (κ3) is 4.55. The average Bonchev–Trinajstić information content (AvgIpc) is 2.58. The normalized spacial score (nSPS) is 17.6. The second kappa shape index (κ2) is 7.78. The van der Waals surface area contributed by atoms with Gasteiger partial charge in [0, 0.05) is 17.8 Å². The Labute approximate surface area is 117 Å². The van der Waals surface area contributed by atoms with Crippen LogP contribution < -0.4 is 5.73 Å². The number of rotatable bonds is 5. The maximum absolute atomic E-state index is 5.96. The molecule has 0 saturated carbocycles. The van der Waals surface area contributed by atoms with E-state index in [1.54, 1.807) is 0 Å². The summed E-state index contributed by atoms with van der Waals surface area (Å²) < 4.78 is 0. The van der Waals surface area contributed by atoms with Gasteiger partial charge in [0.1, 0.15) is 0 Å². The van der Waals surface area contributed by atoms with Crippen LogP contribution in [0.25, 0.3) is 0 Å². The molecule has 0 bridgehead atoms. The minimum absolute atomic E-state index is 0.785. The Morgan fingerprint density at radius 1 is 1.26 bits per heavy atom. The van der Waals surface area contributed by atoms with Gasteiger partial charge in [0.05, 0.1) is 5.70 Å². The van der Waals surface area contributed by atoms with Crippen LogP contribution in [0.4, 0.5) is 0 Å². The highest BCUT2D eigenvalue weighted by Gasteiger charge is 2.05. The van der Waals surface area contributed by atoms with E-state index in [-0.39, 0.29) is 0 Å². The van der Waals surface area contributed by atoms with Crippen LogP contribution in [-0.4, -0.2) is 5.71 Å². The molecule has 0 fully saturated rings. The second-order valence-electron chi connectivity index (χ2n) is 4.78. The predicted molar refractivity (Wildman–Crippen MR) is 85.1 cm³/mol. The molecule has 1 rings (SSSR count). The van der Waals surface area contributed by atoms with Crippen LogP contribution in [0.2, 0.25) is 0 Å². The van der Waals surface area contributed by atoms with Crippen molar-refractivity contribution in [1.82, 2.24) is 0 Å². The Bertz CT molecular complexity index is 460. The second-order valence-corrected chi connectivity index (χ2v) is 4.78. The van der Waals surface area contributed by atoms with E-state index in [4.69, 9.17) is 10.7 Å². The van der Waals surface area contributed by atoms with E-state index in [1.165, 1.54) is 11.3 Å². The molecule has 0 aromatic heterocycles. The molecule has 2 heteroatoms. The molecule has 0 aromatic carbocycles. The van der Waals surface area contributed by atoms with E-state index in [0.717, 1.165) is 42.7 Å². The van der Waals surface area contributed by atoms with Crippen molar-refractivity contribution in [2.24, 2.45) is 10.7 Å². The molecule has 19 heavy (non-hydrogen) atoms. The lowest BCUT2D eigenvalue weighted by molar-refractivity contribution is 1.08. The van der Waals surface area contributed by atoms with Gasteiger partial charge in [-0.3, -0.25) is 4.99 Å². The molecule has 0 aromatic rings. The molecular weight excluding hydrogens is 232 g/mol. The van der Waals surface area contributed by atoms with Gasteiger partial charge in [0.2, 0.25) is 0 Å². The lowest BCUT2D eigenvalue weighted by atomic mass is 10.0. The Balaban J connectivity index is 3.00. The first-order valence-electron chi connectivity index (χ1n) is 7.22. The average molecular weight is 258 g/mol. The number of hydrogen-bond acceptors (Lipinski definition) is 2. The van der Waals surface area contributed by atoms with E-state index in [1.807, 2.05) is 6.92 Å². The Morgan fingerprint density at radius 2 is 2.00 bits per heavy atom. The molecule has 0 saturated heterocycles. The highest BCUT2D eigenvalue weighted by Crippen LogP contribution is 2.17. The topological polar surface area (TPSA) is 38.4 Å². The molecular formula is C17H26N2. The molecule has 1 aliphatic rings. The molecule has 2 nitrogen and oxygen atoms in total. The number of allylic oxidation sites excluding steroid dienone is 6. The summed E-state index contributed by atoms with van der Waals surface area (Å²) in [5.41, 5.74) is 11.6. The molecule has 0 aliphatic heterocycles. The van der Waals surface area contributed by atoms with E-state index in [9.17, 15) is 0 Å². The van der Waals surface area contributed by atoms with E-state index in [2.05, 4.69) is 45.1 Å². The molecule has 0 unspecified atom stereocenters. The van der Waals surface area contributed by atoms with Crippen molar-refractivity contribution in [3.05, 3.63) is 46.8 Å². The van der Waals surface area contributed by atoms with Gasteiger partial charge < -0.3 is 5.73 Å². The zero-order chi connectivity index (χ0) is 14.3. The first-order chi connectivity index (χ1) is 9.12. The zero-order valence-corrected chi connectivity index (χ0v) is 12.7. The summed E-state index contributed by atoms with van der Waals surface area (Å²) in [4.78, 5) is 4.81.